The largest absolute Gasteiger partial charge is 1.00 e. The summed E-state index contributed by atoms with van der Waals surface area (Å²) in [5.41, 5.74) is 2.19. The van der Waals surface area contributed by atoms with E-state index in [0.717, 1.165) is 5.56 Å². The Morgan fingerprint density at radius 1 is 1.10 bits per heavy atom. The summed E-state index contributed by atoms with van der Waals surface area (Å²) in [6, 6.07) is 13.8. The number of hydrogen-bond acceptors (Lipinski definition) is 2. The highest BCUT2D eigenvalue weighted by molar-refractivity contribution is 6.30. The summed E-state index contributed by atoms with van der Waals surface area (Å²) < 4.78 is 13.8. The maximum atomic E-state index is 5.99. The SMILES string of the molecule is C[n+]1ccccc1C1COC(c2cccc(Cl)c2)OC1.[I-]. The molecule has 0 aliphatic carbocycles. The van der Waals surface area contributed by atoms with E-state index in [1.807, 2.05) is 49.6 Å². The second kappa shape index (κ2) is 7.54. The van der Waals surface area contributed by atoms with Gasteiger partial charge in [-0.1, -0.05) is 29.8 Å². The monoisotopic (exact) mass is 417 g/mol. The molecule has 112 valence electrons. The van der Waals surface area contributed by atoms with Gasteiger partial charge in [-0.25, -0.2) is 4.57 Å². The van der Waals surface area contributed by atoms with Gasteiger partial charge in [0.1, 0.15) is 7.05 Å². The molecule has 0 atom stereocenters. The van der Waals surface area contributed by atoms with E-state index in [4.69, 9.17) is 21.1 Å². The molecular formula is C16H17ClINO2. The number of aryl methyl sites for hydroxylation is 1. The Labute approximate surface area is 146 Å². The number of aromatic nitrogens is 1. The van der Waals surface area contributed by atoms with E-state index in [0.29, 0.717) is 18.2 Å². The third kappa shape index (κ3) is 3.94. The van der Waals surface area contributed by atoms with Crippen LogP contribution in [0.5, 0.6) is 0 Å². The average Bonchev–Trinajstić information content (AvgIpc) is 2.48. The molecule has 0 unspecified atom stereocenters. The number of rotatable bonds is 2. The fourth-order valence-corrected chi connectivity index (χ4v) is 2.68. The molecule has 3 rings (SSSR count). The fourth-order valence-electron chi connectivity index (χ4n) is 2.48. The predicted octanol–water partition coefficient (Wildman–Crippen LogP) is -0.00230. The van der Waals surface area contributed by atoms with Gasteiger partial charge >= 0.3 is 0 Å². The lowest BCUT2D eigenvalue weighted by Gasteiger charge is -2.28. The third-order valence-corrected chi connectivity index (χ3v) is 3.77. The molecule has 1 aliphatic heterocycles. The van der Waals surface area contributed by atoms with Crippen molar-refractivity contribution in [3.63, 3.8) is 0 Å². The van der Waals surface area contributed by atoms with Crippen LogP contribution in [0, 0.1) is 0 Å². The van der Waals surface area contributed by atoms with Crippen molar-refractivity contribution in [3.8, 4) is 0 Å². The fraction of sp³-hybridized carbons (Fsp3) is 0.312. The minimum atomic E-state index is -0.320. The van der Waals surface area contributed by atoms with E-state index in [1.165, 1.54) is 5.69 Å². The molecule has 2 heterocycles. The Hall–Kier alpha value is -0.690. The molecule has 1 fully saturated rings. The van der Waals surface area contributed by atoms with E-state index in [-0.39, 0.29) is 36.2 Å². The molecule has 0 bridgehead atoms. The molecule has 5 heteroatoms. The second-order valence-corrected chi connectivity index (χ2v) is 5.42. The molecule has 0 spiro atoms. The highest BCUT2D eigenvalue weighted by Crippen LogP contribution is 2.29. The van der Waals surface area contributed by atoms with Crippen LogP contribution in [0.25, 0.3) is 0 Å². The van der Waals surface area contributed by atoms with Gasteiger partial charge in [-0.3, -0.25) is 0 Å². The average molecular weight is 418 g/mol. The van der Waals surface area contributed by atoms with E-state index >= 15 is 0 Å². The van der Waals surface area contributed by atoms with E-state index in [1.54, 1.807) is 0 Å². The molecule has 3 nitrogen and oxygen atoms in total. The van der Waals surface area contributed by atoms with Gasteiger partial charge in [-0.15, -0.1) is 0 Å². The van der Waals surface area contributed by atoms with Crippen molar-refractivity contribution in [3.05, 3.63) is 64.9 Å². The van der Waals surface area contributed by atoms with Crippen LogP contribution in [0.3, 0.4) is 0 Å². The van der Waals surface area contributed by atoms with Gasteiger partial charge in [-0.05, 0) is 12.1 Å². The highest BCUT2D eigenvalue weighted by atomic mass is 127. The number of nitrogens with zero attached hydrogens (tertiary/aromatic N) is 1. The van der Waals surface area contributed by atoms with Crippen molar-refractivity contribution < 1.29 is 38.0 Å². The van der Waals surface area contributed by atoms with Gasteiger partial charge in [0, 0.05) is 22.7 Å². The zero-order chi connectivity index (χ0) is 13.9. The molecule has 1 aromatic heterocycles. The first-order chi connectivity index (χ1) is 9.74. The first kappa shape index (κ1) is 16.7. The standard InChI is InChI=1S/C16H17ClNO2.HI/c1-18-8-3-2-7-15(18)13-10-19-16(20-11-13)12-5-4-6-14(17)9-12;/h2-9,13,16H,10-11H2,1H3;1H/q+1;/p-1. The summed E-state index contributed by atoms with van der Waals surface area (Å²) in [7, 11) is 2.04. The highest BCUT2D eigenvalue weighted by Gasteiger charge is 2.29. The molecule has 0 radical (unpaired) electrons. The second-order valence-electron chi connectivity index (χ2n) is 4.99. The van der Waals surface area contributed by atoms with Crippen LogP contribution in [0.1, 0.15) is 23.5 Å². The first-order valence-corrected chi connectivity index (χ1v) is 7.05. The number of hydrogen-bond donors (Lipinski definition) is 0. The van der Waals surface area contributed by atoms with Crippen LogP contribution in [0.15, 0.2) is 48.7 Å². The van der Waals surface area contributed by atoms with Gasteiger partial charge in [0.2, 0.25) is 0 Å². The quantitative estimate of drug-likeness (QED) is 0.507. The van der Waals surface area contributed by atoms with E-state index in [2.05, 4.69) is 10.6 Å². The van der Waals surface area contributed by atoms with Gasteiger partial charge in [-0.2, -0.15) is 0 Å². The summed E-state index contributed by atoms with van der Waals surface area (Å²) in [5.74, 6) is 0.261. The molecule has 1 saturated heterocycles. The normalized spacial score (nSPS) is 21.6. The summed E-state index contributed by atoms with van der Waals surface area (Å²) in [5, 5.41) is 0.700. The van der Waals surface area contributed by atoms with Crippen molar-refractivity contribution in [2.45, 2.75) is 12.2 Å². The van der Waals surface area contributed by atoms with Crippen LogP contribution in [0.2, 0.25) is 5.02 Å². The van der Waals surface area contributed by atoms with Crippen molar-refractivity contribution in [1.29, 1.82) is 0 Å². The molecule has 0 saturated carbocycles. The summed E-state index contributed by atoms with van der Waals surface area (Å²) in [6.45, 7) is 1.30. The Bertz CT molecular complexity index is 600. The third-order valence-electron chi connectivity index (χ3n) is 3.53. The Morgan fingerprint density at radius 3 is 2.52 bits per heavy atom. The predicted molar refractivity (Wildman–Crippen MR) is 76.5 cm³/mol. The van der Waals surface area contributed by atoms with Crippen LogP contribution < -0.4 is 28.5 Å². The number of ether oxygens (including phenoxy) is 2. The number of pyridine rings is 1. The zero-order valence-electron chi connectivity index (χ0n) is 11.7. The maximum absolute atomic E-state index is 5.99. The van der Waals surface area contributed by atoms with Crippen LogP contribution in [0.4, 0.5) is 0 Å². The molecule has 1 aliphatic rings. The van der Waals surface area contributed by atoms with Crippen molar-refractivity contribution >= 4 is 11.6 Å². The molecular weight excluding hydrogens is 401 g/mol. The van der Waals surface area contributed by atoms with Gasteiger partial charge in [0.25, 0.3) is 0 Å². The lowest BCUT2D eigenvalue weighted by Crippen LogP contribution is -3.00. The lowest BCUT2D eigenvalue weighted by molar-refractivity contribution is -0.681. The minimum Gasteiger partial charge on any atom is -1.00 e. The van der Waals surface area contributed by atoms with E-state index in [9.17, 15) is 0 Å². The molecule has 1 aromatic carbocycles. The molecule has 0 amide bonds. The van der Waals surface area contributed by atoms with Gasteiger partial charge in [0.15, 0.2) is 18.2 Å². The Kier molecular flexibility index (Phi) is 5.98. The summed E-state index contributed by atoms with van der Waals surface area (Å²) in [4.78, 5) is 0. The summed E-state index contributed by atoms with van der Waals surface area (Å²) in [6.07, 6.45) is 1.72. The number of halogens is 2. The van der Waals surface area contributed by atoms with Crippen LogP contribution in [-0.4, -0.2) is 13.2 Å². The molecule has 0 N–H and O–H groups in total. The minimum absolute atomic E-state index is 0. The van der Waals surface area contributed by atoms with Crippen LogP contribution in [-0.2, 0) is 16.5 Å². The molecule has 2 aromatic rings. The summed E-state index contributed by atoms with van der Waals surface area (Å²) >= 11 is 5.99. The first-order valence-electron chi connectivity index (χ1n) is 6.67. The van der Waals surface area contributed by atoms with Gasteiger partial charge in [0.05, 0.1) is 19.1 Å². The Balaban J connectivity index is 0.00000161. The van der Waals surface area contributed by atoms with Gasteiger partial charge < -0.3 is 33.5 Å². The Morgan fingerprint density at radius 2 is 1.86 bits per heavy atom. The van der Waals surface area contributed by atoms with Crippen molar-refractivity contribution in [2.24, 2.45) is 7.05 Å². The lowest BCUT2D eigenvalue weighted by atomic mass is 10.1. The van der Waals surface area contributed by atoms with Crippen molar-refractivity contribution in [2.75, 3.05) is 13.2 Å². The maximum Gasteiger partial charge on any atom is 0.188 e. The zero-order valence-corrected chi connectivity index (χ0v) is 14.6. The smallest absolute Gasteiger partial charge is 0.188 e. The molecule has 21 heavy (non-hydrogen) atoms. The van der Waals surface area contributed by atoms with Crippen molar-refractivity contribution in [1.82, 2.24) is 0 Å². The number of benzene rings is 1. The topological polar surface area (TPSA) is 22.3 Å². The van der Waals surface area contributed by atoms with E-state index < -0.39 is 0 Å². The van der Waals surface area contributed by atoms with Crippen LogP contribution >= 0.6 is 11.6 Å².